The van der Waals surface area contributed by atoms with E-state index in [0.717, 1.165) is 11.3 Å². The molecule has 0 unspecified atom stereocenters. The predicted octanol–water partition coefficient (Wildman–Crippen LogP) is 2.64. The van der Waals surface area contributed by atoms with Crippen molar-refractivity contribution in [2.24, 2.45) is 0 Å². The van der Waals surface area contributed by atoms with Gasteiger partial charge in [-0.05, 0) is 43.7 Å². The van der Waals surface area contributed by atoms with Crippen molar-refractivity contribution in [1.82, 2.24) is 4.98 Å². The summed E-state index contributed by atoms with van der Waals surface area (Å²) in [6.45, 7) is 4.43. The summed E-state index contributed by atoms with van der Waals surface area (Å²) in [5.41, 5.74) is 8.76. The fraction of sp³-hybridized carbons (Fsp3) is 0.200. The number of aryl methyl sites for hydroxylation is 1. The molecule has 1 amide bonds. The van der Waals surface area contributed by atoms with Crippen molar-refractivity contribution < 1.29 is 4.79 Å². The molecule has 4 heteroatoms. The Bertz CT molecular complexity index is 595. The molecule has 0 saturated heterocycles. The van der Waals surface area contributed by atoms with E-state index in [1.54, 1.807) is 29.4 Å². The van der Waals surface area contributed by atoms with Crippen LogP contribution in [0.2, 0.25) is 0 Å². The average molecular weight is 255 g/mol. The summed E-state index contributed by atoms with van der Waals surface area (Å²) in [4.78, 5) is 18.2. The molecule has 0 aliphatic rings. The number of hydrogen-bond acceptors (Lipinski definition) is 3. The SMILES string of the molecule is CCN(C(=O)c1cncc(C)c1)c1cccc(N)c1. The van der Waals surface area contributed by atoms with Crippen molar-refractivity contribution in [3.05, 3.63) is 53.9 Å². The van der Waals surface area contributed by atoms with Gasteiger partial charge >= 0.3 is 0 Å². The number of hydrogen-bond donors (Lipinski definition) is 1. The molecule has 19 heavy (non-hydrogen) atoms. The average Bonchev–Trinajstić information content (AvgIpc) is 2.39. The van der Waals surface area contributed by atoms with Crippen LogP contribution >= 0.6 is 0 Å². The Morgan fingerprint density at radius 3 is 2.74 bits per heavy atom. The van der Waals surface area contributed by atoms with E-state index in [9.17, 15) is 4.79 Å². The molecule has 0 atom stereocenters. The first kappa shape index (κ1) is 13.1. The number of aromatic nitrogens is 1. The second kappa shape index (κ2) is 5.52. The number of benzene rings is 1. The molecule has 98 valence electrons. The van der Waals surface area contributed by atoms with E-state index >= 15 is 0 Å². The monoisotopic (exact) mass is 255 g/mol. The van der Waals surface area contributed by atoms with Crippen LogP contribution in [0.1, 0.15) is 22.8 Å². The Kier molecular flexibility index (Phi) is 3.80. The van der Waals surface area contributed by atoms with Crippen LogP contribution in [0.25, 0.3) is 0 Å². The molecule has 0 aliphatic carbocycles. The van der Waals surface area contributed by atoms with Crippen LogP contribution in [0.15, 0.2) is 42.7 Å². The normalized spacial score (nSPS) is 10.2. The molecule has 2 rings (SSSR count). The van der Waals surface area contributed by atoms with E-state index in [0.29, 0.717) is 17.8 Å². The van der Waals surface area contributed by atoms with Crippen molar-refractivity contribution in [1.29, 1.82) is 0 Å². The number of carbonyl (C=O) groups is 1. The highest BCUT2D eigenvalue weighted by atomic mass is 16.2. The number of nitrogens with zero attached hydrogens (tertiary/aromatic N) is 2. The summed E-state index contributed by atoms with van der Waals surface area (Å²) in [5, 5.41) is 0. The summed E-state index contributed by atoms with van der Waals surface area (Å²) in [6.07, 6.45) is 3.32. The van der Waals surface area contributed by atoms with Gasteiger partial charge in [-0.25, -0.2) is 0 Å². The molecule has 4 nitrogen and oxygen atoms in total. The van der Waals surface area contributed by atoms with E-state index in [-0.39, 0.29) is 5.91 Å². The second-order valence-electron chi connectivity index (χ2n) is 4.40. The van der Waals surface area contributed by atoms with E-state index in [2.05, 4.69) is 4.98 Å². The zero-order valence-electron chi connectivity index (χ0n) is 11.1. The molecule has 0 spiro atoms. The minimum absolute atomic E-state index is 0.0655. The van der Waals surface area contributed by atoms with E-state index in [4.69, 9.17) is 5.73 Å². The van der Waals surface area contributed by atoms with E-state index in [1.165, 1.54) is 0 Å². The third kappa shape index (κ3) is 2.91. The fourth-order valence-corrected chi connectivity index (χ4v) is 1.96. The number of rotatable bonds is 3. The molecule has 1 aromatic heterocycles. The lowest BCUT2D eigenvalue weighted by Gasteiger charge is -2.21. The Hall–Kier alpha value is -2.36. The summed E-state index contributed by atoms with van der Waals surface area (Å²) < 4.78 is 0. The zero-order chi connectivity index (χ0) is 13.8. The van der Waals surface area contributed by atoms with Gasteiger partial charge in [-0.3, -0.25) is 9.78 Å². The quantitative estimate of drug-likeness (QED) is 0.858. The molecule has 0 aliphatic heterocycles. The third-order valence-electron chi connectivity index (χ3n) is 2.87. The molecule has 0 bridgehead atoms. The molecule has 2 N–H and O–H groups in total. The van der Waals surface area contributed by atoms with Crippen LogP contribution in [-0.2, 0) is 0 Å². The van der Waals surface area contributed by atoms with Gasteiger partial charge < -0.3 is 10.6 Å². The van der Waals surface area contributed by atoms with Gasteiger partial charge in [0.05, 0.1) is 5.56 Å². The van der Waals surface area contributed by atoms with Crippen molar-refractivity contribution in [2.45, 2.75) is 13.8 Å². The first-order valence-corrected chi connectivity index (χ1v) is 6.21. The molecule has 0 fully saturated rings. The van der Waals surface area contributed by atoms with Crippen LogP contribution in [0.4, 0.5) is 11.4 Å². The van der Waals surface area contributed by atoms with Crippen LogP contribution in [0.3, 0.4) is 0 Å². The van der Waals surface area contributed by atoms with Gasteiger partial charge in [-0.1, -0.05) is 6.07 Å². The first-order chi connectivity index (χ1) is 9.11. The van der Waals surface area contributed by atoms with Gasteiger partial charge in [0.25, 0.3) is 5.91 Å². The highest BCUT2D eigenvalue weighted by Gasteiger charge is 2.16. The molecule has 1 heterocycles. The van der Waals surface area contributed by atoms with E-state index in [1.807, 2.05) is 32.0 Å². The lowest BCUT2D eigenvalue weighted by atomic mass is 10.2. The minimum Gasteiger partial charge on any atom is -0.399 e. The molecule has 0 radical (unpaired) electrons. The summed E-state index contributed by atoms with van der Waals surface area (Å²) in [6, 6.07) is 9.15. The predicted molar refractivity (Wildman–Crippen MR) is 77.2 cm³/mol. The highest BCUT2D eigenvalue weighted by molar-refractivity contribution is 6.06. The largest absolute Gasteiger partial charge is 0.399 e. The fourth-order valence-electron chi connectivity index (χ4n) is 1.96. The number of carbonyl (C=O) groups excluding carboxylic acids is 1. The number of anilines is 2. The van der Waals surface area contributed by atoms with Crippen LogP contribution in [0.5, 0.6) is 0 Å². The maximum atomic E-state index is 12.5. The highest BCUT2D eigenvalue weighted by Crippen LogP contribution is 2.19. The third-order valence-corrected chi connectivity index (χ3v) is 2.87. The maximum Gasteiger partial charge on any atom is 0.259 e. The molecular weight excluding hydrogens is 238 g/mol. The van der Waals surface area contributed by atoms with Crippen molar-refractivity contribution in [3.8, 4) is 0 Å². The number of nitrogen functional groups attached to an aromatic ring is 1. The van der Waals surface area contributed by atoms with Gasteiger partial charge in [0.15, 0.2) is 0 Å². The van der Waals surface area contributed by atoms with Gasteiger partial charge in [-0.2, -0.15) is 0 Å². The minimum atomic E-state index is -0.0655. The summed E-state index contributed by atoms with van der Waals surface area (Å²) in [5.74, 6) is -0.0655. The Morgan fingerprint density at radius 2 is 2.11 bits per heavy atom. The lowest BCUT2D eigenvalue weighted by Crippen LogP contribution is -2.30. The van der Waals surface area contributed by atoms with Crippen LogP contribution < -0.4 is 10.6 Å². The van der Waals surface area contributed by atoms with Gasteiger partial charge in [-0.15, -0.1) is 0 Å². The van der Waals surface area contributed by atoms with Crippen LogP contribution in [-0.4, -0.2) is 17.4 Å². The van der Waals surface area contributed by atoms with Gasteiger partial charge in [0.1, 0.15) is 0 Å². The van der Waals surface area contributed by atoms with Crippen molar-refractivity contribution in [3.63, 3.8) is 0 Å². The topological polar surface area (TPSA) is 59.2 Å². The van der Waals surface area contributed by atoms with Gasteiger partial charge in [0.2, 0.25) is 0 Å². The standard InChI is InChI=1S/C15H17N3O/c1-3-18(14-6-4-5-13(16)8-14)15(19)12-7-11(2)9-17-10-12/h4-10H,3,16H2,1-2H3. The smallest absolute Gasteiger partial charge is 0.259 e. The van der Waals surface area contributed by atoms with Crippen molar-refractivity contribution in [2.75, 3.05) is 17.2 Å². The Morgan fingerprint density at radius 1 is 1.32 bits per heavy atom. The maximum absolute atomic E-state index is 12.5. The number of nitrogens with two attached hydrogens (primary N) is 1. The summed E-state index contributed by atoms with van der Waals surface area (Å²) >= 11 is 0. The van der Waals surface area contributed by atoms with Crippen LogP contribution in [0, 0.1) is 6.92 Å². The molecule has 2 aromatic rings. The Balaban J connectivity index is 2.34. The molecular formula is C15H17N3O. The molecule has 1 aromatic carbocycles. The summed E-state index contributed by atoms with van der Waals surface area (Å²) in [7, 11) is 0. The lowest BCUT2D eigenvalue weighted by molar-refractivity contribution is 0.0988. The number of amides is 1. The first-order valence-electron chi connectivity index (χ1n) is 6.21. The van der Waals surface area contributed by atoms with Gasteiger partial charge in [0, 0.05) is 30.3 Å². The zero-order valence-corrected chi connectivity index (χ0v) is 11.1. The van der Waals surface area contributed by atoms with Crippen molar-refractivity contribution >= 4 is 17.3 Å². The van der Waals surface area contributed by atoms with E-state index < -0.39 is 0 Å². The molecule has 0 saturated carbocycles. The Labute approximate surface area is 112 Å². The second-order valence-corrected chi connectivity index (χ2v) is 4.40. The number of pyridine rings is 1.